The van der Waals surface area contributed by atoms with Gasteiger partial charge in [0.05, 0.1) is 6.26 Å². The molecule has 0 bridgehead atoms. The first-order valence-corrected chi connectivity index (χ1v) is 6.44. The van der Waals surface area contributed by atoms with Gasteiger partial charge in [-0.3, -0.25) is 9.69 Å². The Morgan fingerprint density at radius 1 is 1.17 bits per heavy atom. The molecular formula is C15H17NO2. The zero-order valence-electron chi connectivity index (χ0n) is 10.3. The second-order valence-electron chi connectivity index (χ2n) is 5.04. The van der Waals surface area contributed by atoms with Gasteiger partial charge in [-0.15, -0.1) is 0 Å². The van der Waals surface area contributed by atoms with Crippen LogP contribution in [0.4, 0.5) is 0 Å². The lowest BCUT2D eigenvalue weighted by molar-refractivity contribution is -0.133. The maximum atomic E-state index is 11.8. The Kier molecular flexibility index (Phi) is 2.92. The van der Waals surface area contributed by atoms with Crippen LogP contribution >= 0.6 is 0 Å². The second-order valence-corrected chi connectivity index (χ2v) is 5.04. The first-order chi connectivity index (χ1) is 8.78. The Balaban J connectivity index is 1.59. The van der Waals surface area contributed by atoms with Crippen LogP contribution in [0.3, 0.4) is 0 Å². The van der Waals surface area contributed by atoms with Crippen molar-refractivity contribution in [1.29, 1.82) is 0 Å². The Hall–Kier alpha value is -1.61. The summed E-state index contributed by atoms with van der Waals surface area (Å²) in [5, 5.41) is 0. The first kappa shape index (κ1) is 11.5. The van der Waals surface area contributed by atoms with E-state index in [-0.39, 0.29) is 5.78 Å². The van der Waals surface area contributed by atoms with Crippen LogP contribution in [0.1, 0.15) is 18.4 Å². The molecule has 3 nitrogen and oxygen atoms in total. The Labute approximate surface area is 107 Å². The van der Waals surface area contributed by atoms with Gasteiger partial charge < -0.3 is 4.74 Å². The van der Waals surface area contributed by atoms with E-state index in [2.05, 4.69) is 29.2 Å². The molecule has 94 valence electrons. The van der Waals surface area contributed by atoms with Crippen LogP contribution in [-0.2, 0) is 16.1 Å². The molecule has 2 aliphatic rings. The lowest BCUT2D eigenvalue weighted by atomic mass is 9.88. The molecule has 0 unspecified atom stereocenters. The summed E-state index contributed by atoms with van der Waals surface area (Å²) in [7, 11) is 0. The van der Waals surface area contributed by atoms with Crippen molar-refractivity contribution in [1.82, 2.24) is 4.90 Å². The van der Waals surface area contributed by atoms with Gasteiger partial charge in [0, 0.05) is 38.6 Å². The van der Waals surface area contributed by atoms with Gasteiger partial charge in [-0.1, -0.05) is 30.3 Å². The fourth-order valence-corrected chi connectivity index (χ4v) is 2.71. The first-order valence-electron chi connectivity index (χ1n) is 6.44. The van der Waals surface area contributed by atoms with Crippen LogP contribution in [-0.4, -0.2) is 29.4 Å². The standard InChI is InChI=1S/C15H17NO2/c17-14-6-11-18-15(14)7-9-16(10-8-15)12-13-4-2-1-3-5-13/h1-6,11H,7-10,12H2. The van der Waals surface area contributed by atoms with Gasteiger partial charge in [-0.05, 0) is 5.56 Å². The number of carbonyl (C=O) groups excluding carboxylic acids is 1. The van der Waals surface area contributed by atoms with E-state index in [0.717, 1.165) is 32.5 Å². The van der Waals surface area contributed by atoms with Crippen LogP contribution in [0.5, 0.6) is 0 Å². The van der Waals surface area contributed by atoms with Gasteiger partial charge in [0.1, 0.15) is 0 Å². The molecule has 1 aromatic rings. The molecule has 0 N–H and O–H groups in total. The average molecular weight is 243 g/mol. The highest BCUT2D eigenvalue weighted by molar-refractivity contribution is 5.98. The number of ether oxygens (including phenoxy) is 1. The lowest BCUT2D eigenvalue weighted by Crippen LogP contribution is -2.47. The van der Waals surface area contributed by atoms with E-state index in [1.807, 2.05) is 6.07 Å². The van der Waals surface area contributed by atoms with E-state index in [1.54, 1.807) is 12.3 Å². The molecule has 2 heterocycles. The summed E-state index contributed by atoms with van der Waals surface area (Å²) in [6.07, 6.45) is 4.71. The Morgan fingerprint density at radius 3 is 2.50 bits per heavy atom. The van der Waals surface area contributed by atoms with E-state index in [0.29, 0.717) is 0 Å². The van der Waals surface area contributed by atoms with Crippen molar-refractivity contribution in [2.45, 2.75) is 25.0 Å². The van der Waals surface area contributed by atoms with Crippen molar-refractivity contribution in [2.75, 3.05) is 13.1 Å². The molecule has 1 spiro atoms. The molecule has 0 atom stereocenters. The number of piperidine rings is 1. The summed E-state index contributed by atoms with van der Waals surface area (Å²) in [5.74, 6) is 0.141. The minimum Gasteiger partial charge on any atom is -0.487 e. The molecule has 3 heteroatoms. The van der Waals surface area contributed by atoms with Gasteiger partial charge >= 0.3 is 0 Å². The molecule has 0 amide bonds. The fraction of sp³-hybridized carbons (Fsp3) is 0.400. The number of rotatable bonds is 2. The molecule has 1 aromatic carbocycles. The molecule has 1 fully saturated rings. The molecule has 0 aliphatic carbocycles. The molecular weight excluding hydrogens is 226 g/mol. The summed E-state index contributed by atoms with van der Waals surface area (Å²) in [6, 6.07) is 10.4. The topological polar surface area (TPSA) is 29.5 Å². The number of carbonyl (C=O) groups is 1. The number of benzene rings is 1. The van der Waals surface area contributed by atoms with Gasteiger partial charge in [0.25, 0.3) is 0 Å². The van der Waals surface area contributed by atoms with Gasteiger partial charge in [0.15, 0.2) is 5.60 Å². The van der Waals surface area contributed by atoms with Crippen LogP contribution < -0.4 is 0 Å². The largest absolute Gasteiger partial charge is 0.487 e. The number of hydrogen-bond acceptors (Lipinski definition) is 3. The highest BCUT2D eigenvalue weighted by Crippen LogP contribution is 2.32. The maximum absolute atomic E-state index is 11.8. The third-order valence-electron chi connectivity index (χ3n) is 3.87. The highest BCUT2D eigenvalue weighted by atomic mass is 16.5. The van der Waals surface area contributed by atoms with Crippen molar-refractivity contribution >= 4 is 5.78 Å². The third kappa shape index (κ3) is 2.06. The molecule has 18 heavy (non-hydrogen) atoms. The summed E-state index contributed by atoms with van der Waals surface area (Å²) in [5.41, 5.74) is 0.790. The van der Waals surface area contributed by atoms with Crippen molar-refractivity contribution < 1.29 is 9.53 Å². The number of ketones is 1. The molecule has 0 radical (unpaired) electrons. The van der Waals surface area contributed by atoms with Crippen molar-refractivity contribution in [3.8, 4) is 0 Å². The molecule has 0 aromatic heterocycles. The monoisotopic (exact) mass is 243 g/mol. The van der Waals surface area contributed by atoms with E-state index in [1.165, 1.54) is 5.56 Å². The normalized spacial score (nSPS) is 22.3. The van der Waals surface area contributed by atoms with Crippen molar-refractivity contribution in [2.24, 2.45) is 0 Å². The third-order valence-corrected chi connectivity index (χ3v) is 3.87. The van der Waals surface area contributed by atoms with Gasteiger partial charge in [-0.2, -0.15) is 0 Å². The fourth-order valence-electron chi connectivity index (χ4n) is 2.71. The van der Waals surface area contributed by atoms with Gasteiger partial charge in [-0.25, -0.2) is 0 Å². The SMILES string of the molecule is O=C1C=COC12CCN(Cc1ccccc1)CC2. The Morgan fingerprint density at radius 2 is 1.89 bits per heavy atom. The van der Waals surface area contributed by atoms with Crippen LogP contribution in [0.15, 0.2) is 42.7 Å². The summed E-state index contributed by atoms with van der Waals surface area (Å²) >= 11 is 0. The molecule has 0 saturated carbocycles. The van der Waals surface area contributed by atoms with Crippen LogP contribution in [0, 0.1) is 0 Å². The van der Waals surface area contributed by atoms with Crippen molar-refractivity contribution in [3.63, 3.8) is 0 Å². The van der Waals surface area contributed by atoms with E-state index < -0.39 is 5.60 Å². The summed E-state index contributed by atoms with van der Waals surface area (Å²) < 4.78 is 5.54. The van der Waals surface area contributed by atoms with Gasteiger partial charge in [0.2, 0.25) is 5.78 Å². The number of hydrogen-bond donors (Lipinski definition) is 0. The quantitative estimate of drug-likeness (QED) is 0.797. The minimum absolute atomic E-state index is 0.141. The smallest absolute Gasteiger partial charge is 0.202 e. The Bertz CT molecular complexity index is 459. The zero-order valence-corrected chi connectivity index (χ0v) is 10.3. The molecule has 2 aliphatic heterocycles. The average Bonchev–Trinajstić information content (AvgIpc) is 2.75. The lowest BCUT2D eigenvalue weighted by Gasteiger charge is -2.37. The zero-order chi connectivity index (χ0) is 12.4. The maximum Gasteiger partial charge on any atom is 0.202 e. The van der Waals surface area contributed by atoms with E-state index in [4.69, 9.17) is 4.74 Å². The number of likely N-dealkylation sites (tertiary alicyclic amines) is 1. The second kappa shape index (κ2) is 4.58. The van der Waals surface area contributed by atoms with Crippen LogP contribution in [0.2, 0.25) is 0 Å². The predicted molar refractivity (Wildman–Crippen MR) is 68.9 cm³/mol. The summed E-state index contributed by atoms with van der Waals surface area (Å²) in [4.78, 5) is 14.2. The molecule has 3 rings (SSSR count). The van der Waals surface area contributed by atoms with Crippen molar-refractivity contribution in [3.05, 3.63) is 48.2 Å². The van der Waals surface area contributed by atoms with E-state index in [9.17, 15) is 4.79 Å². The van der Waals surface area contributed by atoms with Crippen LogP contribution in [0.25, 0.3) is 0 Å². The summed E-state index contributed by atoms with van der Waals surface area (Å²) in [6.45, 7) is 2.79. The number of nitrogens with zero attached hydrogens (tertiary/aromatic N) is 1. The van der Waals surface area contributed by atoms with E-state index >= 15 is 0 Å². The highest BCUT2D eigenvalue weighted by Gasteiger charge is 2.43. The molecule has 1 saturated heterocycles. The predicted octanol–water partition coefficient (Wildman–Crippen LogP) is 2.13. The minimum atomic E-state index is -0.535.